The van der Waals surface area contributed by atoms with Crippen LogP contribution in [0.25, 0.3) is 0 Å². The van der Waals surface area contributed by atoms with E-state index in [-0.39, 0.29) is 10.8 Å². The third kappa shape index (κ3) is 4.35. The van der Waals surface area contributed by atoms with Gasteiger partial charge >= 0.3 is 0 Å². The fourth-order valence-electron chi connectivity index (χ4n) is 0.601. The van der Waals surface area contributed by atoms with Gasteiger partial charge in [0.1, 0.15) is 5.82 Å². The number of hydrogen-bond acceptors (Lipinski definition) is 0. The van der Waals surface area contributed by atoms with Gasteiger partial charge in [-0.25, -0.2) is 4.39 Å². The van der Waals surface area contributed by atoms with Crippen LogP contribution in [-0.4, -0.2) is 0 Å². The van der Waals surface area contributed by atoms with E-state index >= 15 is 0 Å². The Morgan fingerprint density at radius 2 is 1.83 bits per heavy atom. The van der Waals surface area contributed by atoms with Crippen LogP contribution >= 0.6 is 11.6 Å². The molecule has 0 spiro atoms. The summed E-state index contributed by atoms with van der Waals surface area (Å²) in [6.07, 6.45) is 1.25. The quantitative estimate of drug-likeness (QED) is 0.573. The molecule has 1 rings (SSSR count). The largest absolute Gasteiger partial charge is 0.205 e. The van der Waals surface area contributed by atoms with Crippen LogP contribution in [0.2, 0.25) is 5.02 Å². The second-order valence-corrected chi connectivity index (χ2v) is 3.03. The van der Waals surface area contributed by atoms with E-state index in [9.17, 15) is 4.39 Å². The van der Waals surface area contributed by atoms with Gasteiger partial charge in [-0.3, -0.25) is 0 Å². The fraction of sp³-hybridized carbons (Fsp3) is 0.400. The van der Waals surface area contributed by atoms with Gasteiger partial charge in [-0.2, -0.15) is 0 Å². The van der Waals surface area contributed by atoms with Gasteiger partial charge in [0.15, 0.2) is 0 Å². The molecule has 0 atom stereocenters. The first kappa shape index (κ1) is 11.4. The van der Waals surface area contributed by atoms with Crippen LogP contribution in [0.3, 0.4) is 0 Å². The molecule has 12 heavy (non-hydrogen) atoms. The number of hydrogen-bond donors (Lipinski definition) is 0. The Balaban J connectivity index is 0.000000354. The second-order valence-electron chi connectivity index (χ2n) is 2.62. The minimum Gasteiger partial charge on any atom is -0.205 e. The molecule has 0 unspecified atom stereocenters. The zero-order valence-electron chi connectivity index (χ0n) is 7.70. The standard InChI is InChI=1S/C7H6ClF.C3H8/c1-5-2-3-6(8)7(9)4-5;1-3-2/h2-4H,1H3;3H2,1-2H3. The van der Waals surface area contributed by atoms with Crippen molar-refractivity contribution in [1.82, 2.24) is 0 Å². The zero-order valence-corrected chi connectivity index (χ0v) is 8.45. The van der Waals surface area contributed by atoms with Crippen molar-refractivity contribution < 1.29 is 4.39 Å². The molecule has 0 radical (unpaired) electrons. The molecule has 0 heterocycles. The zero-order chi connectivity index (χ0) is 9.56. The van der Waals surface area contributed by atoms with Crippen LogP contribution in [0, 0.1) is 12.7 Å². The lowest BCUT2D eigenvalue weighted by atomic mass is 10.2. The summed E-state index contributed by atoms with van der Waals surface area (Å²) in [5, 5.41) is 0.181. The number of aryl methyl sites for hydroxylation is 1. The molecule has 0 bridgehead atoms. The van der Waals surface area contributed by atoms with Crippen LogP contribution in [0.5, 0.6) is 0 Å². The van der Waals surface area contributed by atoms with Crippen molar-refractivity contribution in [2.24, 2.45) is 0 Å². The summed E-state index contributed by atoms with van der Waals surface area (Å²) in [6.45, 7) is 6.07. The molecule has 0 saturated carbocycles. The van der Waals surface area contributed by atoms with Crippen molar-refractivity contribution in [2.45, 2.75) is 27.2 Å². The summed E-state index contributed by atoms with van der Waals surface area (Å²) >= 11 is 5.41. The van der Waals surface area contributed by atoms with E-state index < -0.39 is 0 Å². The highest BCUT2D eigenvalue weighted by molar-refractivity contribution is 6.30. The van der Waals surface area contributed by atoms with Crippen molar-refractivity contribution in [3.8, 4) is 0 Å². The Morgan fingerprint density at radius 1 is 1.33 bits per heavy atom. The van der Waals surface area contributed by atoms with Crippen molar-refractivity contribution in [3.05, 3.63) is 34.6 Å². The summed E-state index contributed by atoms with van der Waals surface area (Å²) in [5.74, 6) is -0.350. The van der Waals surface area contributed by atoms with Gasteiger partial charge in [0.2, 0.25) is 0 Å². The van der Waals surface area contributed by atoms with E-state index in [0.29, 0.717) is 0 Å². The van der Waals surface area contributed by atoms with Gasteiger partial charge in [0.25, 0.3) is 0 Å². The molecule has 0 aliphatic heterocycles. The van der Waals surface area contributed by atoms with Gasteiger partial charge < -0.3 is 0 Å². The molecule has 1 aromatic rings. The highest BCUT2D eigenvalue weighted by Crippen LogP contribution is 2.14. The molecule has 0 amide bonds. The van der Waals surface area contributed by atoms with Gasteiger partial charge in [0.05, 0.1) is 5.02 Å². The summed E-state index contributed by atoms with van der Waals surface area (Å²) in [4.78, 5) is 0. The molecular formula is C10H14ClF. The molecule has 68 valence electrons. The molecule has 0 aliphatic rings. The van der Waals surface area contributed by atoms with E-state index in [2.05, 4.69) is 13.8 Å². The monoisotopic (exact) mass is 188 g/mol. The summed E-state index contributed by atoms with van der Waals surface area (Å²) in [6, 6.07) is 4.72. The molecular weight excluding hydrogens is 175 g/mol. The topological polar surface area (TPSA) is 0 Å². The maximum atomic E-state index is 12.4. The van der Waals surface area contributed by atoms with Crippen molar-refractivity contribution in [1.29, 1.82) is 0 Å². The van der Waals surface area contributed by atoms with Gasteiger partial charge in [-0.05, 0) is 24.6 Å². The smallest absolute Gasteiger partial charge is 0.142 e. The average molecular weight is 189 g/mol. The maximum absolute atomic E-state index is 12.4. The highest BCUT2D eigenvalue weighted by Gasteiger charge is 1.95. The molecule has 0 aromatic heterocycles. The lowest BCUT2D eigenvalue weighted by Gasteiger charge is -1.92. The molecule has 2 heteroatoms. The van der Waals surface area contributed by atoms with Crippen LogP contribution in [0.4, 0.5) is 4.39 Å². The lowest BCUT2D eigenvalue weighted by Crippen LogP contribution is -1.76. The maximum Gasteiger partial charge on any atom is 0.142 e. The molecule has 1 aromatic carbocycles. The molecule has 0 nitrogen and oxygen atoms in total. The molecule has 0 saturated heterocycles. The summed E-state index contributed by atoms with van der Waals surface area (Å²) < 4.78 is 12.4. The van der Waals surface area contributed by atoms with Crippen molar-refractivity contribution in [2.75, 3.05) is 0 Å². The molecule has 0 fully saturated rings. The van der Waals surface area contributed by atoms with Crippen molar-refractivity contribution >= 4 is 11.6 Å². The van der Waals surface area contributed by atoms with E-state index in [4.69, 9.17) is 11.6 Å². The van der Waals surface area contributed by atoms with E-state index in [1.54, 1.807) is 12.1 Å². The predicted molar refractivity (Wildman–Crippen MR) is 52.1 cm³/mol. The highest BCUT2D eigenvalue weighted by atomic mass is 35.5. The van der Waals surface area contributed by atoms with E-state index in [1.807, 2.05) is 6.92 Å². The third-order valence-electron chi connectivity index (χ3n) is 1.08. The van der Waals surface area contributed by atoms with Gasteiger partial charge in [0, 0.05) is 0 Å². The minimum absolute atomic E-state index is 0.181. The first-order chi connectivity index (χ1) is 5.61. The summed E-state index contributed by atoms with van der Waals surface area (Å²) in [5.41, 5.74) is 0.886. The SMILES string of the molecule is CCC.Cc1ccc(Cl)c(F)c1. The normalized spacial score (nSPS) is 8.75. The Hall–Kier alpha value is -0.560. The lowest BCUT2D eigenvalue weighted by molar-refractivity contribution is 0.627. The van der Waals surface area contributed by atoms with Gasteiger partial charge in [-0.1, -0.05) is 37.9 Å². The predicted octanol–water partition coefficient (Wildman–Crippen LogP) is 4.20. The minimum atomic E-state index is -0.350. The van der Waals surface area contributed by atoms with Crippen LogP contribution in [-0.2, 0) is 0 Å². The first-order valence-corrected chi connectivity index (χ1v) is 4.41. The van der Waals surface area contributed by atoms with Crippen LogP contribution in [0.15, 0.2) is 18.2 Å². The first-order valence-electron chi connectivity index (χ1n) is 4.03. The Morgan fingerprint density at radius 3 is 2.17 bits per heavy atom. The van der Waals surface area contributed by atoms with Gasteiger partial charge in [-0.15, -0.1) is 0 Å². The van der Waals surface area contributed by atoms with E-state index in [1.165, 1.54) is 12.5 Å². The Kier molecular flexibility index (Phi) is 5.73. The van der Waals surface area contributed by atoms with Crippen LogP contribution < -0.4 is 0 Å². The average Bonchev–Trinajstić information content (AvgIpc) is 1.99. The third-order valence-corrected chi connectivity index (χ3v) is 1.38. The molecule has 0 N–H and O–H groups in total. The van der Waals surface area contributed by atoms with Crippen LogP contribution in [0.1, 0.15) is 25.8 Å². The fourth-order valence-corrected chi connectivity index (χ4v) is 0.719. The van der Waals surface area contributed by atoms with Crippen molar-refractivity contribution in [3.63, 3.8) is 0 Å². The number of halogens is 2. The Bertz CT molecular complexity index is 233. The number of rotatable bonds is 0. The Labute approximate surface area is 78.4 Å². The second kappa shape index (κ2) is 6.01. The summed E-state index contributed by atoms with van der Waals surface area (Å²) in [7, 11) is 0. The molecule has 0 aliphatic carbocycles. The number of benzene rings is 1. The van der Waals surface area contributed by atoms with E-state index in [0.717, 1.165) is 5.56 Å².